The number of phenols is 1. The van der Waals surface area contributed by atoms with Crippen LogP contribution in [0.2, 0.25) is 0 Å². The van der Waals surface area contributed by atoms with E-state index in [2.05, 4.69) is 83.3 Å². The minimum absolute atomic E-state index is 0.0645. The Morgan fingerprint density at radius 3 is 1.86 bits per heavy atom. The Morgan fingerprint density at radius 2 is 1.40 bits per heavy atom. The number of aryl methyl sites for hydroxylation is 1. The van der Waals surface area contributed by atoms with Gasteiger partial charge < -0.3 is 19.5 Å². The van der Waals surface area contributed by atoms with E-state index in [-0.39, 0.29) is 23.2 Å². The second kappa shape index (κ2) is 12.5. The van der Waals surface area contributed by atoms with E-state index >= 15 is 0 Å². The summed E-state index contributed by atoms with van der Waals surface area (Å²) in [4.78, 5) is 0. The van der Waals surface area contributed by atoms with E-state index in [0.29, 0.717) is 19.0 Å². The van der Waals surface area contributed by atoms with Gasteiger partial charge in [0.1, 0.15) is 5.75 Å². The van der Waals surface area contributed by atoms with Crippen molar-refractivity contribution in [2.24, 2.45) is 0 Å². The number of rotatable bonds is 12. The largest absolute Gasteiger partial charge is 0.507 e. The number of benzene rings is 2. The molecule has 0 saturated carbocycles. The maximum atomic E-state index is 13.1. The van der Waals surface area contributed by atoms with Crippen LogP contribution in [0.5, 0.6) is 5.75 Å². The first-order valence-electron chi connectivity index (χ1n) is 12.8. The maximum Gasteiger partial charge on any atom is 0.344 e. The van der Waals surface area contributed by atoms with Gasteiger partial charge in [-0.3, -0.25) is 4.57 Å². The van der Waals surface area contributed by atoms with E-state index in [0.717, 1.165) is 36.0 Å². The Labute approximate surface area is 213 Å². The van der Waals surface area contributed by atoms with E-state index in [1.807, 2.05) is 19.9 Å². The van der Waals surface area contributed by atoms with Crippen LogP contribution in [0.25, 0.3) is 0 Å². The molecule has 0 aromatic heterocycles. The van der Waals surface area contributed by atoms with Crippen molar-refractivity contribution in [3.8, 4) is 5.75 Å². The zero-order valence-electron chi connectivity index (χ0n) is 23.0. The fourth-order valence-corrected chi connectivity index (χ4v) is 5.79. The highest BCUT2D eigenvalue weighted by atomic mass is 31.2. The van der Waals surface area contributed by atoms with Crippen LogP contribution in [0.15, 0.2) is 42.5 Å². The molecule has 1 atom stereocenters. The van der Waals surface area contributed by atoms with Crippen LogP contribution in [0.4, 0.5) is 0 Å². The summed E-state index contributed by atoms with van der Waals surface area (Å²) in [6.45, 7) is 17.1. The van der Waals surface area contributed by atoms with Crippen molar-refractivity contribution in [2.75, 3.05) is 19.5 Å². The average Bonchev–Trinajstić information content (AvgIpc) is 2.76. The summed E-state index contributed by atoms with van der Waals surface area (Å²) >= 11 is 0. The Kier molecular flexibility index (Phi) is 10.6. The molecule has 196 valence electrons. The highest BCUT2D eigenvalue weighted by Gasteiger charge is 2.28. The summed E-state index contributed by atoms with van der Waals surface area (Å²) in [6.07, 6.45) is 2.70. The maximum absolute atomic E-state index is 13.1. The van der Waals surface area contributed by atoms with Gasteiger partial charge in [0.05, 0.1) is 19.5 Å². The summed E-state index contributed by atoms with van der Waals surface area (Å²) in [5, 5.41) is 14.6. The first-order chi connectivity index (χ1) is 16.3. The lowest BCUT2D eigenvalue weighted by atomic mass is 9.78. The Morgan fingerprint density at radius 1 is 0.886 bits per heavy atom. The van der Waals surface area contributed by atoms with E-state index in [9.17, 15) is 9.67 Å². The molecule has 0 radical (unpaired) electrons. The van der Waals surface area contributed by atoms with Gasteiger partial charge in [0.15, 0.2) is 0 Å². The predicted octanol–water partition coefficient (Wildman–Crippen LogP) is 7.34. The van der Waals surface area contributed by atoms with E-state index in [1.54, 1.807) is 0 Å². The molecule has 5 nitrogen and oxygen atoms in total. The number of phenolic OH excluding ortho intramolecular Hbond substituents is 1. The molecule has 1 unspecified atom stereocenters. The van der Waals surface area contributed by atoms with Gasteiger partial charge in [-0.1, -0.05) is 84.0 Å². The van der Waals surface area contributed by atoms with Crippen LogP contribution in [0, 0.1) is 0 Å². The van der Waals surface area contributed by atoms with Gasteiger partial charge in [-0.15, -0.1) is 0 Å². The molecule has 0 aliphatic heterocycles. The zero-order chi connectivity index (χ0) is 26.3. The van der Waals surface area contributed by atoms with Crippen molar-refractivity contribution in [3.63, 3.8) is 0 Å². The topological polar surface area (TPSA) is 67.8 Å². The van der Waals surface area contributed by atoms with Crippen LogP contribution in [-0.4, -0.2) is 30.6 Å². The van der Waals surface area contributed by atoms with Gasteiger partial charge in [-0.05, 0) is 66.2 Å². The highest BCUT2D eigenvalue weighted by molar-refractivity contribution is 7.53. The lowest BCUT2D eigenvalue weighted by Crippen LogP contribution is -2.33. The second-order valence-electron chi connectivity index (χ2n) is 11.3. The van der Waals surface area contributed by atoms with Crippen molar-refractivity contribution in [1.82, 2.24) is 5.32 Å². The molecule has 0 aliphatic rings. The van der Waals surface area contributed by atoms with Gasteiger partial charge in [-0.2, -0.15) is 0 Å². The third-order valence-electron chi connectivity index (χ3n) is 6.12. The summed E-state index contributed by atoms with van der Waals surface area (Å²) in [7, 11) is -3.20. The first-order valence-corrected chi connectivity index (χ1v) is 14.5. The normalized spacial score (nSPS) is 13.7. The van der Waals surface area contributed by atoms with E-state index in [4.69, 9.17) is 9.05 Å². The summed E-state index contributed by atoms with van der Waals surface area (Å²) in [5.74, 6) is 0.389. The van der Waals surface area contributed by atoms with E-state index < -0.39 is 7.60 Å². The Hall–Kier alpha value is -1.65. The van der Waals surface area contributed by atoms with Crippen LogP contribution >= 0.6 is 7.60 Å². The summed E-state index contributed by atoms with van der Waals surface area (Å²) in [5.41, 5.74) is 3.96. The molecule has 2 N–H and O–H groups in total. The monoisotopic (exact) mass is 503 g/mol. The lowest BCUT2D eigenvalue weighted by molar-refractivity contribution is 0.216. The first kappa shape index (κ1) is 29.6. The third kappa shape index (κ3) is 9.06. The van der Waals surface area contributed by atoms with Gasteiger partial charge in [-0.25, -0.2) is 0 Å². The smallest absolute Gasteiger partial charge is 0.344 e. The second-order valence-corrected chi connectivity index (χ2v) is 13.3. The minimum atomic E-state index is -3.20. The molecular weight excluding hydrogens is 457 g/mol. The third-order valence-corrected chi connectivity index (χ3v) is 7.99. The number of aromatic hydroxyl groups is 1. The van der Waals surface area contributed by atoms with Crippen molar-refractivity contribution in [3.05, 3.63) is 64.7 Å². The highest BCUT2D eigenvalue weighted by Crippen LogP contribution is 2.47. The van der Waals surface area contributed by atoms with Gasteiger partial charge in [0.25, 0.3) is 0 Å². The van der Waals surface area contributed by atoms with Crippen molar-refractivity contribution < 1.29 is 18.7 Å². The summed E-state index contributed by atoms with van der Waals surface area (Å²) < 4.78 is 24.1. The zero-order valence-corrected chi connectivity index (χ0v) is 23.9. The molecule has 2 aromatic rings. The predicted molar refractivity (Wildman–Crippen MR) is 147 cm³/mol. The molecule has 0 aliphatic carbocycles. The average molecular weight is 504 g/mol. The molecule has 2 aromatic carbocycles. The van der Waals surface area contributed by atoms with Gasteiger partial charge in [0.2, 0.25) is 0 Å². The SMILES string of the molecule is CCOP(=O)(CNC(CCc1ccccc1)Cc1cc(C(C)(C)C)c(O)c(C(C)(C)C)c1)OCC. The minimum Gasteiger partial charge on any atom is -0.507 e. The van der Waals surface area contributed by atoms with E-state index in [1.165, 1.54) is 5.56 Å². The van der Waals surface area contributed by atoms with Crippen LogP contribution in [0.3, 0.4) is 0 Å². The number of nitrogens with one attached hydrogen (secondary N) is 1. The fourth-order valence-electron chi connectivity index (χ4n) is 4.26. The molecule has 0 amide bonds. The molecule has 0 fully saturated rings. The van der Waals surface area contributed by atoms with Crippen molar-refractivity contribution >= 4 is 7.60 Å². The number of hydrogen-bond donors (Lipinski definition) is 2. The van der Waals surface area contributed by atoms with Gasteiger partial charge in [0, 0.05) is 6.04 Å². The van der Waals surface area contributed by atoms with Gasteiger partial charge >= 0.3 is 7.60 Å². The van der Waals surface area contributed by atoms with Crippen LogP contribution in [-0.2, 0) is 37.3 Å². The molecular formula is C29H46NO4P. The van der Waals surface area contributed by atoms with Crippen LogP contribution < -0.4 is 5.32 Å². The summed E-state index contributed by atoms with van der Waals surface area (Å²) in [6, 6.07) is 14.7. The molecule has 2 rings (SSSR count). The molecule has 0 spiro atoms. The molecule has 0 heterocycles. The quantitative estimate of drug-likeness (QED) is 0.297. The number of hydrogen-bond acceptors (Lipinski definition) is 5. The van der Waals surface area contributed by atoms with Crippen molar-refractivity contribution in [1.29, 1.82) is 0 Å². The molecule has 0 bridgehead atoms. The van der Waals surface area contributed by atoms with Crippen LogP contribution in [0.1, 0.15) is 84.1 Å². The lowest BCUT2D eigenvalue weighted by Gasteiger charge is -2.29. The standard InChI is InChI=1S/C29H46NO4P/c1-9-33-35(32,34-10-2)21-30-24(17-16-22-14-12-11-13-15-22)18-23-19-25(28(3,4)5)27(31)26(20-23)29(6,7)8/h11-15,19-20,24,30-31H,9-10,16-18,21H2,1-8H3. The fraction of sp³-hybridized carbons (Fsp3) is 0.586. The molecule has 0 saturated heterocycles. The molecule has 6 heteroatoms. The van der Waals surface area contributed by atoms with Crippen molar-refractivity contribution in [2.45, 2.75) is 91.5 Å². The Balaban J connectivity index is 2.37. The molecule has 35 heavy (non-hydrogen) atoms. The Bertz CT molecular complexity index is 931.